The van der Waals surface area contributed by atoms with Crippen molar-refractivity contribution in [3.8, 4) is 0 Å². The number of methoxy groups -OCH3 is 1. The van der Waals surface area contributed by atoms with Crippen LogP contribution in [0, 0.1) is 11.7 Å². The van der Waals surface area contributed by atoms with Crippen molar-refractivity contribution < 1.29 is 42.6 Å². The summed E-state index contributed by atoms with van der Waals surface area (Å²) in [5, 5.41) is 5.54. The Morgan fingerprint density at radius 3 is 2.61 bits per heavy atom. The molecule has 5 atom stereocenters. The number of carbonyl (C=O) groups excluding carboxylic acids is 5. The van der Waals surface area contributed by atoms with Crippen molar-refractivity contribution in [2.45, 2.75) is 108 Å². The van der Waals surface area contributed by atoms with Crippen LogP contribution < -0.4 is 10.6 Å². The Balaban J connectivity index is 1.38. The van der Waals surface area contributed by atoms with E-state index in [1.54, 1.807) is 32.9 Å². The first-order valence-corrected chi connectivity index (χ1v) is 15.9. The maximum Gasteiger partial charge on any atom is 0.410 e. The molecule has 2 fully saturated rings. The Hall–Kier alpha value is -4.16. The fraction of sp³-hybridized carbons (Fsp3) is 0.606. The van der Waals surface area contributed by atoms with Gasteiger partial charge in [0.1, 0.15) is 35.1 Å². The maximum absolute atomic E-state index is 14.3. The molecule has 3 heterocycles. The van der Waals surface area contributed by atoms with Gasteiger partial charge in [-0.25, -0.2) is 18.8 Å². The molecule has 0 unspecified atom stereocenters. The number of carbonyl (C=O) groups is 5. The van der Waals surface area contributed by atoms with Crippen molar-refractivity contribution in [3.05, 3.63) is 47.3 Å². The molecule has 13 heteroatoms. The van der Waals surface area contributed by atoms with Crippen molar-refractivity contribution >= 4 is 30.0 Å². The number of allylic oxidation sites excluding steroid dienone is 1. The fourth-order valence-corrected chi connectivity index (χ4v) is 6.49. The largest absolute Gasteiger partial charge is 0.467 e. The van der Waals surface area contributed by atoms with E-state index in [0.29, 0.717) is 30.4 Å². The lowest BCUT2D eigenvalue weighted by Crippen LogP contribution is -2.56. The van der Waals surface area contributed by atoms with E-state index in [4.69, 9.17) is 14.2 Å². The quantitative estimate of drug-likeness (QED) is 0.289. The van der Waals surface area contributed by atoms with Crippen LogP contribution in [0.2, 0.25) is 0 Å². The number of nitrogens with zero attached hydrogens (tertiary/aromatic N) is 2. The summed E-state index contributed by atoms with van der Waals surface area (Å²) < 4.78 is 30.6. The first kappa shape index (κ1) is 33.2. The average molecular weight is 643 g/mol. The normalized spacial score (nSPS) is 28.8. The number of esters is 1. The molecule has 1 saturated carbocycles. The monoisotopic (exact) mass is 642 g/mol. The molecule has 5 rings (SSSR count). The van der Waals surface area contributed by atoms with Gasteiger partial charge in [-0.3, -0.25) is 14.5 Å². The first-order chi connectivity index (χ1) is 21.8. The zero-order valence-electron chi connectivity index (χ0n) is 26.8. The Labute approximate surface area is 268 Å². The molecule has 4 aliphatic rings. The number of alkyl carbamates (subject to hydrolysis) is 1. The van der Waals surface area contributed by atoms with Gasteiger partial charge in [0.2, 0.25) is 11.8 Å². The predicted octanol–water partition coefficient (Wildman–Crippen LogP) is 3.71. The highest BCUT2D eigenvalue weighted by Gasteiger charge is 2.62. The van der Waals surface area contributed by atoms with E-state index in [1.807, 2.05) is 12.2 Å². The lowest BCUT2D eigenvalue weighted by Gasteiger charge is -2.30. The van der Waals surface area contributed by atoms with Crippen LogP contribution in [0.1, 0.15) is 76.8 Å². The van der Waals surface area contributed by atoms with E-state index < -0.39 is 65.1 Å². The van der Waals surface area contributed by atoms with Crippen LogP contribution in [0.15, 0.2) is 30.4 Å². The van der Waals surface area contributed by atoms with Gasteiger partial charge < -0.3 is 29.7 Å². The van der Waals surface area contributed by atoms with Gasteiger partial charge in [0.15, 0.2) is 0 Å². The Kier molecular flexibility index (Phi) is 9.59. The van der Waals surface area contributed by atoms with Crippen LogP contribution in [-0.4, -0.2) is 82.8 Å². The Morgan fingerprint density at radius 1 is 1.11 bits per heavy atom. The summed E-state index contributed by atoms with van der Waals surface area (Å²) in [5.41, 5.74) is -0.950. The van der Waals surface area contributed by atoms with Crippen molar-refractivity contribution in [3.63, 3.8) is 0 Å². The molecule has 0 bridgehead atoms. The molecule has 250 valence electrons. The van der Waals surface area contributed by atoms with Crippen molar-refractivity contribution in [2.24, 2.45) is 5.92 Å². The molecule has 1 aliphatic carbocycles. The molecular weight excluding hydrogens is 599 g/mol. The molecule has 3 aliphatic heterocycles. The van der Waals surface area contributed by atoms with Gasteiger partial charge >= 0.3 is 18.2 Å². The lowest BCUT2D eigenvalue weighted by molar-refractivity contribution is -0.148. The fourth-order valence-electron chi connectivity index (χ4n) is 6.49. The van der Waals surface area contributed by atoms with Crippen molar-refractivity contribution in [1.82, 2.24) is 20.4 Å². The summed E-state index contributed by atoms with van der Waals surface area (Å²) in [5.74, 6) is -2.35. The highest BCUT2D eigenvalue weighted by atomic mass is 19.1. The van der Waals surface area contributed by atoms with Crippen LogP contribution >= 0.6 is 0 Å². The number of rotatable bonds is 3. The number of ether oxygens (including phenoxy) is 3. The number of halogens is 1. The first-order valence-electron chi connectivity index (χ1n) is 15.9. The van der Waals surface area contributed by atoms with Crippen molar-refractivity contribution in [1.29, 1.82) is 0 Å². The van der Waals surface area contributed by atoms with Gasteiger partial charge in [-0.15, -0.1) is 0 Å². The van der Waals surface area contributed by atoms with Crippen molar-refractivity contribution in [2.75, 3.05) is 13.7 Å². The zero-order chi connectivity index (χ0) is 33.2. The molecule has 0 aromatic heterocycles. The molecule has 46 heavy (non-hydrogen) atoms. The minimum absolute atomic E-state index is 0.0324. The average Bonchev–Trinajstić information content (AvgIpc) is 3.29. The van der Waals surface area contributed by atoms with Gasteiger partial charge in [-0.2, -0.15) is 0 Å². The van der Waals surface area contributed by atoms with E-state index in [1.165, 1.54) is 23.0 Å². The van der Waals surface area contributed by atoms with Crippen LogP contribution in [0.3, 0.4) is 0 Å². The van der Waals surface area contributed by atoms with Gasteiger partial charge in [-0.1, -0.05) is 37.1 Å². The summed E-state index contributed by atoms with van der Waals surface area (Å²) in [6.07, 6.45) is 5.23. The second kappa shape index (κ2) is 13.3. The summed E-state index contributed by atoms with van der Waals surface area (Å²) in [4.78, 5) is 69.6. The van der Waals surface area contributed by atoms with E-state index in [0.717, 1.165) is 19.3 Å². The smallest absolute Gasteiger partial charge is 0.410 e. The molecule has 0 spiro atoms. The second-order valence-electron chi connectivity index (χ2n) is 13.5. The summed E-state index contributed by atoms with van der Waals surface area (Å²) in [6, 6.07) is 2.57. The number of fused-ring (bicyclic) bond motifs is 3. The van der Waals surface area contributed by atoms with Gasteiger partial charge in [0, 0.05) is 24.4 Å². The molecule has 1 saturated heterocycles. The Morgan fingerprint density at radius 2 is 1.89 bits per heavy atom. The van der Waals surface area contributed by atoms with E-state index in [-0.39, 0.29) is 32.0 Å². The van der Waals surface area contributed by atoms with Crippen LogP contribution in [0.25, 0.3) is 0 Å². The van der Waals surface area contributed by atoms with E-state index >= 15 is 0 Å². The molecule has 1 aromatic rings. The third kappa shape index (κ3) is 7.28. The van der Waals surface area contributed by atoms with Crippen LogP contribution in [-0.2, 0) is 41.7 Å². The lowest BCUT2D eigenvalue weighted by atomic mass is 10.0. The molecule has 0 radical (unpaired) electrons. The standard InChI is InChI=1S/C33H43FN4O8/c1-32(2,3)46-30(42)35-25-14-9-7-5-6-8-12-21-16-33(21,29(41)44-4)36-27(39)26-15-22(18-38(26)28(25)40)45-31(43)37-17-20-11-10-13-24(34)23(20)19-37/h8,10-13,21-22,25-26H,5-7,9,14-19H2,1-4H3,(H,35,42)(H,36,39)/b12-8-/t21-,22-,25+,26+,33-/m1/s1. The summed E-state index contributed by atoms with van der Waals surface area (Å²) in [6.45, 7) is 5.25. The second-order valence-corrected chi connectivity index (χ2v) is 13.5. The van der Waals surface area contributed by atoms with Gasteiger partial charge in [0.05, 0.1) is 20.2 Å². The number of benzene rings is 1. The minimum Gasteiger partial charge on any atom is -0.467 e. The van der Waals surface area contributed by atoms with Gasteiger partial charge in [-0.05, 0) is 58.1 Å². The van der Waals surface area contributed by atoms with E-state index in [2.05, 4.69) is 10.6 Å². The predicted molar refractivity (Wildman–Crippen MR) is 162 cm³/mol. The summed E-state index contributed by atoms with van der Waals surface area (Å²) in [7, 11) is 1.26. The number of hydrogen-bond donors (Lipinski definition) is 2. The molecule has 4 amide bonds. The topological polar surface area (TPSA) is 144 Å². The van der Waals surface area contributed by atoms with Crippen LogP contribution in [0.4, 0.5) is 14.0 Å². The van der Waals surface area contributed by atoms with E-state index in [9.17, 15) is 28.4 Å². The SMILES string of the molecule is COC(=O)[C@@]12C[C@H]1/C=C\CCCCC[C@H](NC(=O)OC(C)(C)C)C(=O)N1C[C@H](OC(=O)N3Cc4cccc(F)c4C3)C[C@H]1C(=O)N2. The number of nitrogens with one attached hydrogen (secondary N) is 2. The molecular formula is C33H43FN4O8. The third-order valence-corrected chi connectivity index (χ3v) is 8.93. The highest BCUT2D eigenvalue weighted by molar-refractivity contribution is 5.96. The zero-order valence-corrected chi connectivity index (χ0v) is 26.8. The molecule has 12 nitrogen and oxygen atoms in total. The Bertz CT molecular complexity index is 1410. The third-order valence-electron chi connectivity index (χ3n) is 8.93. The summed E-state index contributed by atoms with van der Waals surface area (Å²) >= 11 is 0. The molecule has 1 aromatic carbocycles. The maximum atomic E-state index is 14.3. The minimum atomic E-state index is -1.26. The molecule has 2 N–H and O–H groups in total. The number of amides is 4. The van der Waals surface area contributed by atoms with Crippen LogP contribution in [0.5, 0.6) is 0 Å². The highest BCUT2D eigenvalue weighted by Crippen LogP contribution is 2.46. The van der Waals surface area contributed by atoms with Gasteiger partial charge in [0.25, 0.3) is 0 Å². The number of hydrogen-bond acceptors (Lipinski definition) is 8.